The van der Waals surface area contributed by atoms with Crippen molar-refractivity contribution in [1.29, 1.82) is 0 Å². The van der Waals surface area contributed by atoms with Gasteiger partial charge in [0.05, 0.1) is 12.5 Å². The van der Waals surface area contributed by atoms with Gasteiger partial charge in [-0.15, -0.1) is 0 Å². The Kier molecular flexibility index (Phi) is 2.94. The summed E-state index contributed by atoms with van der Waals surface area (Å²) in [5, 5.41) is 15.3. The highest BCUT2D eigenvalue weighted by molar-refractivity contribution is 5.79. The summed E-state index contributed by atoms with van der Waals surface area (Å²) >= 11 is 0. The molecular weight excluding hydrogens is 226 g/mol. The van der Waals surface area contributed by atoms with E-state index in [1.54, 1.807) is 18.1 Å². The van der Waals surface area contributed by atoms with Crippen LogP contribution in [0.2, 0.25) is 0 Å². The van der Waals surface area contributed by atoms with E-state index in [2.05, 4.69) is 15.4 Å². The molecule has 1 aromatic heterocycles. The number of carbonyl (C=O) groups excluding carboxylic acids is 1. The van der Waals surface area contributed by atoms with Gasteiger partial charge in [-0.3, -0.25) is 9.48 Å². The molecular formula is C9H13N5O3. The molecule has 17 heavy (non-hydrogen) atoms. The summed E-state index contributed by atoms with van der Waals surface area (Å²) in [5.74, 6) is -0.773. The number of aliphatic carboxylic acids is 1. The third-order valence-corrected chi connectivity index (χ3v) is 2.56. The van der Waals surface area contributed by atoms with Gasteiger partial charge in [0, 0.05) is 20.1 Å². The van der Waals surface area contributed by atoms with Crippen molar-refractivity contribution < 1.29 is 14.7 Å². The number of carbonyl (C=O) groups is 2. The third-order valence-electron chi connectivity index (χ3n) is 2.56. The van der Waals surface area contributed by atoms with Crippen LogP contribution in [0.15, 0.2) is 6.33 Å². The Hall–Kier alpha value is -2.12. The Morgan fingerprint density at radius 2 is 2.29 bits per heavy atom. The Morgan fingerprint density at radius 1 is 1.59 bits per heavy atom. The van der Waals surface area contributed by atoms with Crippen LogP contribution in [0.5, 0.6) is 0 Å². The second kappa shape index (κ2) is 4.40. The number of aromatic nitrogens is 3. The normalized spacial score (nSPS) is 15.5. The first-order valence-electron chi connectivity index (χ1n) is 5.16. The molecule has 8 nitrogen and oxygen atoms in total. The number of rotatable bonds is 3. The number of nitrogens with zero attached hydrogens (tertiary/aromatic N) is 4. The lowest BCUT2D eigenvalue weighted by molar-refractivity contribution is -0.146. The molecule has 1 aromatic rings. The zero-order valence-electron chi connectivity index (χ0n) is 9.33. The van der Waals surface area contributed by atoms with Gasteiger partial charge in [0.25, 0.3) is 0 Å². The molecule has 1 fully saturated rings. The number of amides is 2. The number of aryl methyl sites for hydroxylation is 1. The zero-order valence-corrected chi connectivity index (χ0v) is 9.33. The second-order valence-electron chi connectivity index (χ2n) is 3.93. The predicted molar refractivity (Wildman–Crippen MR) is 55.9 cm³/mol. The van der Waals surface area contributed by atoms with Gasteiger partial charge in [0.1, 0.15) is 6.33 Å². The fourth-order valence-corrected chi connectivity index (χ4v) is 1.53. The van der Waals surface area contributed by atoms with Gasteiger partial charge in [-0.25, -0.2) is 9.78 Å². The Balaban J connectivity index is 1.74. The largest absolute Gasteiger partial charge is 0.481 e. The molecule has 2 rings (SSSR count). The number of likely N-dealkylation sites (tertiary alicyclic amines) is 1. The number of urea groups is 1. The van der Waals surface area contributed by atoms with Crippen molar-refractivity contribution in [1.82, 2.24) is 25.0 Å². The average Bonchev–Trinajstić information content (AvgIpc) is 2.58. The number of carboxylic acid groups (broad SMARTS) is 1. The topological polar surface area (TPSA) is 100 Å². The van der Waals surface area contributed by atoms with E-state index in [1.807, 2.05) is 0 Å². The van der Waals surface area contributed by atoms with Gasteiger partial charge in [0.2, 0.25) is 0 Å². The average molecular weight is 239 g/mol. The number of hydrogen-bond donors (Lipinski definition) is 2. The van der Waals surface area contributed by atoms with Crippen LogP contribution in [-0.2, 0) is 18.4 Å². The van der Waals surface area contributed by atoms with Crippen molar-refractivity contribution in [2.24, 2.45) is 13.0 Å². The van der Waals surface area contributed by atoms with Crippen molar-refractivity contribution in [3.63, 3.8) is 0 Å². The quantitative estimate of drug-likeness (QED) is 0.707. The molecule has 8 heteroatoms. The SMILES string of the molecule is Cn1cnc(CNC(=O)N2CC(C(=O)O)C2)n1. The van der Waals surface area contributed by atoms with Crippen LogP contribution in [0.25, 0.3) is 0 Å². The maximum atomic E-state index is 11.5. The van der Waals surface area contributed by atoms with Crippen LogP contribution in [0, 0.1) is 5.92 Å². The lowest BCUT2D eigenvalue weighted by atomic mass is 10.0. The van der Waals surface area contributed by atoms with Crippen LogP contribution in [0.4, 0.5) is 4.79 Å². The third kappa shape index (κ3) is 2.52. The van der Waals surface area contributed by atoms with Gasteiger partial charge >= 0.3 is 12.0 Å². The van der Waals surface area contributed by atoms with E-state index in [0.29, 0.717) is 5.82 Å². The van der Waals surface area contributed by atoms with Crippen molar-refractivity contribution in [3.8, 4) is 0 Å². The molecule has 0 spiro atoms. The fraction of sp³-hybridized carbons (Fsp3) is 0.556. The lowest BCUT2D eigenvalue weighted by Crippen LogP contribution is -2.56. The Bertz CT molecular complexity index is 438. The number of nitrogens with one attached hydrogen (secondary N) is 1. The summed E-state index contributed by atoms with van der Waals surface area (Å²) in [6.45, 7) is 0.765. The molecule has 1 aliphatic rings. The standard InChI is InChI=1S/C9H13N5O3/c1-13-5-11-7(12-13)2-10-9(17)14-3-6(4-14)8(15)16/h5-6H,2-4H2,1H3,(H,10,17)(H,15,16). The van der Waals surface area contributed by atoms with E-state index in [0.717, 1.165) is 0 Å². The first-order valence-corrected chi connectivity index (χ1v) is 5.16. The molecule has 0 unspecified atom stereocenters. The highest BCUT2D eigenvalue weighted by atomic mass is 16.4. The summed E-state index contributed by atoms with van der Waals surface area (Å²) in [7, 11) is 1.74. The first-order chi connectivity index (χ1) is 8.06. The monoisotopic (exact) mass is 239 g/mol. The molecule has 2 N–H and O–H groups in total. The maximum Gasteiger partial charge on any atom is 0.317 e. The molecule has 0 bridgehead atoms. The number of carboxylic acids is 1. The van der Waals surface area contributed by atoms with E-state index >= 15 is 0 Å². The van der Waals surface area contributed by atoms with Crippen LogP contribution in [-0.4, -0.2) is 49.9 Å². The van der Waals surface area contributed by atoms with Crippen molar-refractivity contribution >= 4 is 12.0 Å². The molecule has 0 radical (unpaired) electrons. The molecule has 2 amide bonds. The van der Waals surface area contributed by atoms with Gasteiger partial charge in [0.15, 0.2) is 5.82 Å². The van der Waals surface area contributed by atoms with E-state index in [-0.39, 0.29) is 25.7 Å². The minimum Gasteiger partial charge on any atom is -0.481 e. The minimum atomic E-state index is -0.861. The molecule has 0 saturated carbocycles. The second-order valence-corrected chi connectivity index (χ2v) is 3.93. The smallest absolute Gasteiger partial charge is 0.317 e. The van der Waals surface area contributed by atoms with Gasteiger partial charge in [-0.2, -0.15) is 5.10 Å². The molecule has 0 aliphatic carbocycles. The van der Waals surface area contributed by atoms with Gasteiger partial charge < -0.3 is 15.3 Å². The van der Waals surface area contributed by atoms with Gasteiger partial charge in [-0.05, 0) is 0 Å². The molecule has 0 aromatic carbocycles. The van der Waals surface area contributed by atoms with Crippen LogP contribution >= 0.6 is 0 Å². The van der Waals surface area contributed by atoms with E-state index in [1.165, 1.54) is 4.90 Å². The van der Waals surface area contributed by atoms with Crippen LogP contribution < -0.4 is 5.32 Å². The van der Waals surface area contributed by atoms with Crippen molar-refractivity contribution in [2.45, 2.75) is 6.54 Å². The van der Waals surface area contributed by atoms with Gasteiger partial charge in [-0.1, -0.05) is 0 Å². The molecule has 0 atom stereocenters. The van der Waals surface area contributed by atoms with E-state index in [9.17, 15) is 9.59 Å². The Morgan fingerprint density at radius 3 is 2.82 bits per heavy atom. The molecule has 2 heterocycles. The molecule has 1 aliphatic heterocycles. The summed E-state index contributed by atoms with van der Waals surface area (Å²) < 4.78 is 1.55. The van der Waals surface area contributed by atoms with E-state index in [4.69, 9.17) is 5.11 Å². The first kappa shape index (κ1) is 11.4. The lowest BCUT2D eigenvalue weighted by Gasteiger charge is -2.36. The van der Waals surface area contributed by atoms with Crippen LogP contribution in [0.1, 0.15) is 5.82 Å². The summed E-state index contributed by atoms with van der Waals surface area (Å²) in [5.41, 5.74) is 0. The number of hydrogen-bond acceptors (Lipinski definition) is 4. The van der Waals surface area contributed by atoms with Crippen molar-refractivity contribution in [3.05, 3.63) is 12.2 Å². The summed E-state index contributed by atoms with van der Waals surface area (Å²) in [6, 6.07) is -0.282. The minimum absolute atomic E-state index is 0.244. The zero-order chi connectivity index (χ0) is 12.4. The van der Waals surface area contributed by atoms with Crippen molar-refractivity contribution in [2.75, 3.05) is 13.1 Å². The fourth-order valence-electron chi connectivity index (χ4n) is 1.53. The molecule has 92 valence electrons. The van der Waals surface area contributed by atoms with E-state index < -0.39 is 11.9 Å². The summed E-state index contributed by atoms with van der Waals surface area (Å²) in [6.07, 6.45) is 1.55. The summed E-state index contributed by atoms with van der Waals surface area (Å²) in [4.78, 5) is 27.5. The highest BCUT2D eigenvalue weighted by Gasteiger charge is 2.35. The molecule has 1 saturated heterocycles. The Labute approximate surface area is 97.2 Å². The maximum absolute atomic E-state index is 11.5. The van der Waals surface area contributed by atoms with Crippen LogP contribution in [0.3, 0.4) is 0 Å². The predicted octanol–water partition coefficient (Wildman–Crippen LogP) is -0.959. The highest BCUT2D eigenvalue weighted by Crippen LogP contribution is 2.15.